The Bertz CT molecular complexity index is 1310. The molecule has 1 saturated heterocycles. The minimum absolute atomic E-state index is 0.196. The molecule has 1 fully saturated rings. The molecule has 3 aromatic rings. The molecule has 34 heavy (non-hydrogen) atoms. The zero-order valence-corrected chi connectivity index (χ0v) is 19.5. The highest BCUT2D eigenvalue weighted by atomic mass is 79.9. The summed E-state index contributed by atoms with van der Waals surface area (Å²) in [5.41, 5.74) is 1.38. The van der Waals surface area contributed by atoms with Crippen molar-refractivity contribution in [1.29, 1.82) is 0 Å². The summed E-state index contributed by atoms with van der Waals surface area (Å²) < 4.78 is 24.9. The third kappa shape index (κ3) is 4.99. The minimum Gasteiger partial charge on any atom is -0.493 e. The van der Waals surface area contributed by atoms with Gasteiger partial charge in [-0.1, -0.05) is 40.2 Å². The van der Waals surface area contributed by atoms with Gasteiger partial charge in [-0.2, -0.15) is 0 Å². The van der Waals surface area contributed by atoms with Crippen LogP contribution in [0.2, 0.25) is 0 Å². The number of anilines is 1. The Morgan fingerprint density at radius 3 is 2.47 bits per heavy atom. The maximum atomic E-state index is 13.1. The average Bonchev–Trinajstić information content (AvgIpc) is 2.81. The lowest BCUT2D eigenvalue weighted by Gasteiger charge is -2.26. The smallest absolute Gasteiger partial charge is 0.335 e. The van der Waals surface area contributed by atoms with E-state index in [1.165, 1.54) is 25.3 Å². The molecule has 0 atom stereocenters. The number of carbonyl (C=O) groups is 3. The lowest BCUT2D eigenvalue weighted by molar-refractivity contribution is -0.122. The highest BCUT2D eigenvalue weighted by Gasteiger charge is 2.36. The molecule has 3 aromatic carbocycles. The lowest BCUT2D eigenvalue weighted by Crippen LogP contribution is -2.54. The molecule has 1 aliphatic rings. The number of carbonyl (C=O) groups excluding carboxylic acids is 3. The first-order valence-corrected chi connectivity index (χ1v) is 10.9. The van der Waals surface area contributed by atoms with E-state index in [0.717, 1.165) is 10.5 Å². The number of methoxy groups -OCH3 is 1. The molecular formula is C25H18BrFN2O5. The fourth-order valence-electron chi connectivity index (χ4n) is 3.31. The van der Waals surface area contributed by atoms with Gasteiger partial charge in [-0.05, 0) is 59.7 Å². The number of halogens is 2. The van der Waals surface area contributed by atoms with Gasteiger partial charge in [0.15, 0.2) is 11.5 Å². The molecule has 0 aliphatic carbocycles. The van der Waals surface area contributed by atoms with E-state index in [9.17, 15) is 18.8 Å². The van der Waals surface area contributed by atoms with Crippen molar-refractivity contribution in [3.05, 3.63) is 93.7 Å². The van der Waals surface area contributed by atoms with Crippen molar-refractivity contribution in [3.63, 3.8) is 0 Å². The summed E-state index contributed by atoms with van der Waals surface area (Å²) in [7, 11) is 1.46. The molecule has 7 nitrogen and oxygen atoms in total. The van der Waals surface area contributed by atoms with Crippen molar-refractivity contribution < 1.29 is 28.2 Å². The van der Waals surface area contributed by atoms with Crippen LogP contribution in [-0.2, 0) is 16.2 Å². The van der Waals surface area contributed by atoms with Gasteiger partial charge in [0, 0.05) is 4.47 Å². The zero-order valence-electron chi connectivity index (χ0n) is 17.9. The Morgan fingerprint density at radius 2 is 1.76 bits per heavy atom. The Labute approximate surface area is 202 Å². The van der Waals surface area contributed by atoms with Crippen LogP contribution in [0.3, 0.4) is 0 Å². The molecule has 4 rings (SSSR count). The number of nitrogens with one attached hydrogen (secondary N) is 1. The molecule has 1 aliphatic heterocycles. The van der Waals surface area contributed by atoms with Gasteiger partial charge in [-0.15, -0.1) is 0 Å². The van der Waals surface area contributed by atoms with Gasteiger partial charge in [0.05, 0.1) is 12.8 Å². The van der Waals surface area contributed by atoms with E-state index in [0.29, 0.717) is 27.2 Å². The number of urea groups is 1. The fourth-order valence-corrected chi connectivity index (χ4v) is 3.70. The SMILES string of the molecule is COc1cc(/C=C2\C(=O)NC(=O)N(c3cccc(Br)c3)C2=O)ccc1OCc1ccc(F)cc1. The van der Waals surface area contributed by atoms with Crippen LogP contribution in [0.15, 0.2) is 76.8 Å². The number of imide groups is 2. The minimum atomic E-state index is -0.827. The van der Waals surface area contributed by atoms with Crippen molar-refractivity contribution in [2.24, 2.45) is 0 Å². The normalized spacial score (nSPS) is 14.9. The molecular weight excluding hydrogens is 507 g/mol. The van der Waals surface area contributed by atoms with E-state index in [1.54, 1.807) is 54.6 Å². The third-order valence-corrected chi connectivity index (χ3v) is 5.47. The molecule has 0 spiro atoms. The summed E-state index contributed by atoms with van der Waals surface area (Å²) in [6, 6.07) is 16.6. The van der Waals surface area contributed by atoms with Crippen LogP contribution >= 0.6 is 15.9 Å². The second-order valence-electron chi connectivity index (χ2n) is 7.26. The average molecular weight is 525 g/mol. The first-order valence-electron chi connectivity index (χ1n) is 10.1. The van der Waals surface area contributed by atoms with Crippen molar-refractivity contribution in [2.45, 2.75) is 6.61 Å². The summed E-state index contributed by atoms with van der Waals surface area (Å²) in [4.78, 5) is 38.7. The number of hydrogen-bond acceptors (Lipinski definition) is 5. The molecule has 0 aromatic heterocycles. The summed E-state index contributed by atoms with van der Waals surface area (Å²) in [6.07, 6.45) is 1.38. The predicted octanol–water partition coefficient (Wildman–Crippen LogP) is 4.84. The van der Waals surface area contributed by atoms with E-state index in [-0.39, 0.29) is 18.0 Å². The van der Waals surface area contributed by atoms with Crippen LogP contribution in [0, 0.1) is 5.82 Å². The topological polar surface area (TPSA) is 84.9 Å². The first kappa shape index (κ1) is 23.2. The first-order chi connectivity index (χ1) is 16.4. The molecule has 0 radical (unpaired) electrons. The van der Waals surface area contributed by atoms with Crippen molar-refractivity contribution >= 4 is 45.5 Å². The van der Waals surface area contributed by atoms with Crippen LogP contribution < -0.4 is 19.7 Å². The largest absolute Gasteiger partial charge is 0.493 e. The maximum absolute atomic E-state index is 13.1. The summed E-state index contributed by atoms with van der Waals surface area (Å²) in [6.45, 7) is 0.196. The van der Waals surface area contributed by atoms with Crippen molar-refractivity contribution in [3.8, 4) is 11.5 Å². The van der Waals surface area contributed by atoms with E-state index < -0.39 is 17.8 Å². The van der Waals surface area contributed by atoms with Crippen LogP contribution in [0.1, 0.15) is 11.1 Å². The Morgan fingerprint density at radius 1 is 1.00 bits per heavy atom. The summed E-state index contributed by atoms with van der Waals surface area (Å²) >= 11 is 3.31. The second kappa shape index (κ2) is 9.88. The molecule has 1 N–H and O–H groups in total. The predicted molar refractivity (Wildman–Crippen MR) is 127 cm³/mol. The maximum Gasteiger partial charge on any atom is 0.335 e. The van der Waals surface area contributed by atoms with Gasteiger partial charge in [0.1, 0.15) is 18.0 Å². The number of amides is 4. The second-order valence-corrected chi connectivity index (χ2v) is 8.18. The molecule has 0 bridgehead atoms. The highest BCUT2D eigenvalue weighted by Crippen LogP contribution is 2.31. The number of ether oxygens (including phenoxy) is 2. The van der Waals surface area contributed by atoms with Crippen molar-refractivity contribution in [2.75, 3.05) is 12.0 Å². The molecule has 0 unspecified atom stereocenters. The number of benzene rings is 3. The van der Waals surface area contributed by atoms with Gasteiger partial charge in [-0.3, -0.25) is 14.9 Å². The fraction of sp³-hybridized carbons (Fsp3) is 0.0800. The van der Waals surface area contributed by atoms with E-state index in [4.69, 9.17) is 9.47 Å². The number of barbiturate groups is 1. The number of hydrogen-bond donors (Lipinski definition) is 1. The van der Waals surface area contributed by atoms with Crippen LogP contribution in [0.25, 0.3) is 6.08 Å². The molecule has 1 heterocycles. The van der Waals surface area contributed by atoms with Gasteiger partial charge in [0.25, 0.3) is 11.8 Å². The van der Waals surface area contributed by atoms with Gasteiger partial charge >= 0.3 is 6.03 Å². The Balaban J connectivity index is 1.59. The third-order valence-electron chi connectivity index (χ3n) is 4.97. The molecule has 172 valence electrons. The Kier molecular flexibility index (Phi) is 6.74. The molecule has 0 saturated carbocycles. The summed E-state index contributed by atoms with van der Waals surface area (Å²) in [5.74, 6) is -1.07. The van der Waals surface area contributed by atoms with Crippen molar-refractivity contribution in [1.82, 2.24) is 5.32 Å². The standard InChI is InChI=1S/C25H18BrFN2O5/c1-33-22-12-16(7-10-21(22)34-14-15-5-8-18(27)9-6-15)11-20-23(30)28-25(32)29(24(20)31)19-4-2-3-17(26)13-19/h2-13H,14H2,1H3,(H,28,30,32)/b20-11+. The van der Waals surface area contributed by atoms with E-state index >= 15 is 0 Å². The number of rotatable bonds is 6. The van der Waals surface area contributed by atoms with E-state index in [1.807, 2.05) is 0 Å². The van der Waals surface area contributed by atoms with E-state index in [2.05, 4.69) is 21.2 Å². The Hall–Kier alpha value is -3.98. The zero-order chi connectivity index (χ0) is 24.2. The van der Waals surface area contributed by atoms with Crippen LogP contribution in [-0.4, -0.2) is 25.0 Å². The van der Waals surface area contributed by atoms with Gasteiger partial charge in [0.2, 0.25) is 0 Å². The molecule has 4 amide bonds. The van der Waals surface area contributed by atoms with Gasteiger partial charge in [-0.25, -0.2) is 14.1 Å². The monoisotopic (exact) mass is 524 g/mol. The number of nitrogens with zero attached hydrogens (tertiary/aromatic N) is 1. The van der Waals surface area contributed by atoms with Crippen LogP contribution in [0.4, 0.5) is 14.9 Å². The summed E-state index contributed by atoms with van der Waals surface area (Å²) in [5, 5.41) is 2.19. The quantitative estimate of drug-likeness (QED) is 0.368. The van der Waals surface area contributed by atoms with Gasteiger partial charge < -0.3 is 9.47 Å². The lowest BCUT2D eigenvalue weighted by atomic mass is 10.1. The highest BCUT2D eigenvalue weighted by molar-refractivity contribution is 9.10. The molecule has 9 heteroatoms. The van der Waals surface area contributed by atoms with Crippen LogP contribution in [0.5, 0.6) is 11.5 Å².